The number of benzene rings is 1. The molecule has 0 spiro atoms. The fourth-order valence-electron chi connectivity index (χ4n) is 1.14. The number of nitrogens with two attached hydrogens (primary N) is 1. The Morgan fingerprint density at radius 3 is 2.71 bits per heavy atom. The number of rotatable bonds is 3. The molecule has 0 aromatic heterocycles. The number of hydrogen-bond donors (Lipinski definition) is 3. The lowest BCUT2D eigenvalue weighted by molar-refractivity contribution is 0.275. The van der Waals surface area contributed by atoms with Crippen LogP contribution in [0.3, 0.4) is 0 Å². The highest BCUT2D eigenvalue weighted by molar-refractivity contribution is 6.32. The molecule has 3 nitrogen and oxygen atoms in total. The molecule has 0 aliphatic carbocycles. The maximum Gasteiger partial charge on any atom is 0.150 e. The van der Waals surface area contributed by atoms with Crippen molar-refractivity contribution in [2.75, 3.05) is 6.61 Å². The van der Waals surface area contributed by atoms with Gasteiger partial charge in [0.05, 0.1) is 0 Å². The van der Waals surface area contributed by atoms with Gasteiger partial charge in [0, 0.05) is 18.2 Å². The first-order valence-electron chi connectivity index (χ1n) is 4.11. The first-order chi connectivity index (χ1) is 6.57. The highest BCUT2D eigenvalue weighted by Gasteiger charge is 2.15. The summed E-state index contributed by atoms with van der Waals surface area (Å²) in [7, 11) is 0. The van der Waals surface area contributed by atoms with Gasteiger partial charge >= 0.3 is 0 Å². The molecule has 0 bridgehead atoms. The molecule has 0 aliphatic heterocycles. The zero-order valence-electron chi connectivity index (χ0n) is 7.37. The largest absolute Gasteiger partial charge is 0.506 e. The molecule has 0 saturated carbocycles. The van der Waals surface area contributed by atoms with Crippen molar-refractivity contribution in [1.82, 2.24) is 0 Å². The summed E-state index contributed by atoms with van der Waals surface area (Å²) in [4.78, 5) is 0. The lowest BCUT2D eigenvalue weighted by Gasteiger charge is -2.12. The summed E-state index contributed by atoms with van der Waals surface area (Å²) in [5, 5.41) is 17.4. The third kappa shape index (κ3) is 2.15. The standard InChI is InChI=1S/C9H11ClFNO2/c10-8-7(14)2-1-5(9(8)11)6(12)3-4-13/h1-2,6,13-14H,3-4,12H2. The van der Waals surface area contributed by atoms with Gasteiger partial charge in [-0.25, -0.2) is 4.39 Å². The van der Waals surface area contributed by atoms with Crippen LogP contribution in [0.1, 0.15) is 18.0 Å². The van der Waals surface area contributed by atoms with Crippen molar-refractivity contribution in [1.29, 1.82) is 0 Å². The summed E-state index contributed by atoms with van der Waals surface area (Å²) in [6, 6.07) is 2.02. The van der Waals surface area contributed by atoms with E-state index in [0.29, 0.717) is 0 Å². The van der Waals surface area contributed by atoms with Gasteiger partial charge in [-0.1, -0.05) is 17.7 Å². The van der Waals surface area contributed by atoms with E-state index < -0.39 is 11.9 Å². The SMILES string of the molecule is NC(CCO)c1ccc(O)c(Cl)c1F. The molecule has 14 heavy (non-hydrogen) atoms. The summed E-state index contributed by atoms with van der Waals surface area (Å²) >= 11 is 5.48. The number of phenols is 1. The van der Waals surface area contributed by atoms with Crippen LogP contribution in [-0.2, 0) is 0 Å². The third-order valence-electron chi connectivity index (χ3n) is 1.93. The highest BCUT2D eigenvalue weighted by atomic mass is 35.5. The smallest absolute Gasteiger partial charge is 0.150 e. The lowest BCUT2D eigenvalue weighted by Crippen LogP contribution is -2.13. The zero-order valence-corrected chi connectivity index (χ0v) is 8.13. The topological polar surface area (TPSA) is 66.5 Å². The van der Waals surface area contributed by atoms with Crippen LogP contribution in [0.5, 0.6) is 5.75 Å². The third-order valence-corrected chi connectivity index (χ3v) is 2.29. The molecular weight excluding hydrogens is 209 g/mol. The fraction of sp³-hybridized carbons (Fsp3) is 0.333. The Hall–Kier alpha value is -0.840. The van der Waals surface area contributed by atoms with Gasteiger partial charge in [0.1, 0.15) is 16.6 Å². The summed E-state index contributed by atoms with van der Waals surface area (Å²) in [5.41, 5.74) is 5.78. The first kappa shape index (κ1) is 11.2. The van der Waals surface area contributed by atoms with Gasteiger partial charge in [0.15, 0.2) is 0 Å². The van der Waals surface area contributed by atoms with E-state index in [9.17, 15) is 4.39 Å². The molecule has 0 radical (unpaired) electrons. The number of aliphatic hydroxyl groups is 1. The zero-order chi connectivity index (χ0) is 10.7. The van der Waals surface area contributed by atoms with Gasteiger partial charge in [0.25, 0.3) is 0 Å². The fourth-order valence-corrected chi connectivity index (χ4v) is 1.31. The number of hydrogen-bond acceptors (Lipinski definition) is 3. The molecule has 1 unspecified atom stereocenters. The predicted octanol–water partition coefficient (Wildman–Crippen LogP) is 1.57. The molecule has 0 amide bonds. The molecule has 1 aromatic carbocycles. The Morgan fingerprint density at radius 2 is 2.14 bits per heavy atom. The Bertz CT molecular complexity index is 333. The molecule has 0 aliphatic rings. The first-order valence-corrected chi connectivity index (χ1v) is 4.49. The average Bonchev–Trinajstić information content (AvgIpc) is 2.15. The summed E-state index contributed by atoms with van der Waals surface area (Å²) in [5.74, 6) is -1.04. The van der Waals surface area contributed by atoms with Crippen molar-refractivity contribution < 1.29 is 14.6 Å². The van der Waals surface area contributed by atoms with Crippen LogP contribution < -0.4 is 5.73 Å². The molecule has 1 rings (SSSR count). The van der Waals surface area contributed by atoms with Crippen LogP contribution in [0, 0.1) is 5.82 Å². The second-order valence-electron chi connectivity index (χ2n) is 2.92. The maximum atomic E-state index is 13.4. The van der Waals surface area contributed by atoms with Crippen LogP contribution >= 0.6 is 11.6 Å². The minimum absolute atomic E-state index is 0.126. The van der Waals surface area contributed by atoms with Crippen LogP contribution in [0.4, 0.5) is 4.39 Å². The Balaban J connectivity index is 3.04. The van der Waals surface area contributed by atoms with Crippen molar-refractivity contribution in [3.63, 3.8) is 0 Å². The molecule has 1 aromatic rings. The van der Waals surface area contributed by atoms with Crippen LogP contribution in [0.25, 0.3) is 0 Å². The predicted molar refractivity (Wildman–Crippen MR) is 51.7 cm³/mol. The number of phenolic OH excluding ortho intramolecular Hbond substituents is 1. The maximum absolute atomic E-state index is 13.4. The van der Waals surface area contributed by atoms with Gasteiger partial charge in [0.2, 0.25) is 0 Å². The number of halogens is 2. The van der Waals surface area contributed by atoms with Crippen molar-refractivity contribution in [2.24, 2.45) is 5.73 Å². The van der Waals surface area contributed by atoms with Crippen molar-refractivity contribution in [3.8, 4) is 5.75 Å². The van der Waals surface area contributed by atoms with Crippen molar-refractivity contribution in [3.05, 3.63) is 28.5 Å². The van der Waals surface area contributed by atoms with Gasteiger partial charge in [-0.3, -0.25) is 0 Å². The van der Waals surface area contributed by atoms with Crippen LogP contribution in [0.2, 0.25) is 5.02 Å². The highest BCUT2D eigenvalue weighted by Crippen LogP contribution is 2.31. The summed E-state index contributed by atoms with van der Waals surface area (Å²) in [6.07, 6.45) is 0.248. The number of aliphatic hydroxyl groups excluding tert-OH is 1. The minimum atomic E-state index is -0.729. The molecule has 0 saturated heterocycles. The van der Waals surface area contributed by atoms with E-state index in [1.54, 1.807) is 0 Å². The Morgan fingerprint density at radius 1 is 1.50 bits per heavy atom. The molecule has 1 atom stereocenters. The van der Waals surface area contributed by atoms with Crippen LogP contribution in [0.15, 0.2) is 12.1 Å². The monoisotopic (exact) mass is 219 g/mol. The molecule has 78 valence electrons. The van der Waals surface area contributed by atoms with Gasteiger partial charge < -0.3 is 15.9 Å². The Kier molecular flexibility index (Phi) is 3.69. The van der Waals surface area contributed by atoms with Crippen molar-refractivity contribution >= 4 is 11.6 Å². The average molecular weight is 220 g/mol. The van der Waals surface area contributed by atoms with E-state index in [1.165, 1.54) is 12.1 Å². The van der Waals surface area contributed by atoms with E-state index in [-0.39, 0.29) is 29.4 Å². The van der Waals surface area contributed by atoms with E-state index in [2.05, 4.69) is 0 Å². The Labute approximate surface area is 85.9 Å². The molecule has 5 heteroatoms. The van der Waals surface area contributed by atoms with E-state index in [4.69, 9.17) is 27.5 Å². The molecular formula is C9H11ClFNO2. The van der Waals surface area contributed by atoms with Gasteiger partial charge in [-0.2, -0.15) is 0 Å². The minimum Gasteiger partial charge on any atom is -0.506 e. The molecule has 4 N–H and O–H groups in total. The van der Waals surface area contributed by atoms with Crippen LogP contribution in [-0.4, -0.2) is 16.8 Å². The second kappa shape index (κ2) is 4.59. The van der Waals surface area contributed by atoms with Gasteiger partial charge in [-0.15, -0.1) is 0 Å². The lowest BCUT2D eigenvalue weighted by atomic mass is 10.0. The summed E-state index contributed by atoms with van der Waals surface area (Å²) in [6.45, 7) is -0.126. The van der Waals surface area contributed by atoms with E-state index in [0.717, 1.165) is 0 Å². The van der Waals surface area contributed by atoms with E-state index >= 15 is 0 Å². The van der Waals surface area contributed by atoms with Crippen molar-refractivity contribution in [2.45, 2.75) is 12.5 Å². The second-order valence-corrected chi connectivity index (χ2v) is 3.30. The van der Waals surface area contributed by atoms with E-state index in [1.807, 2.05) is 0 Å². The summed E-state index contributed by atoms with van der Waals surface area (Å²) < 4.78 is 13.4. The molecule has 0 fully saturated rings. The molecule has 0 heterocycles. The van der Waals surface area contributed by atoms with Gasteiger partial charge in [-0.05, 0) is 12.5 Å². The normalized spacial score (nSPS) is 12.9. The quantitative estimate of drug-likeness (QED) is 0.723. The number of aromatic hydroxyl groups is 1.